The molecular formula is C15H18N2O3. The number of rotatable bonds is 4. The van der Waals surface area contributed by atoms with E-state index in [-0.39, 0.29) is 11.8 Å². The van der Waals surface area contributed by atoms with E-state index in [4.69, 9.17) is 9.47 Å². The third kappa shape index (κ3) is 3.17. The third-order valence-electron chi connectivity index (χ3n) is 3.16. The molecule has 1 unspecified atom stereocenters. The number of allylic oxidation sites excluding steroid dienone is 1. The van der Waals surface area contributed by atoms with Crippen LogP contribution in [-0.2, 0) is 4.79 Å². The lowest BCUT2D eigenvalue weighted by Gasteiger charge is -2.16. The van der Waals surface area contributed by atoms with Crippen LogP contribution in [0.3, 0.4) is 0 Å². The SMILES string of the molecule is COc1ccc(C=CC2=NNC(=O)CC2C)cc1OC. The molecule has 1 heterocycles. The van der Waals surface area contributed by atoms with Crippen LogP contribution in [0.5, 0.6) is 11.5 Å². The molecule has 20 heavy (non-hydrogen) atoms. The van der Waals surface area contributed by atoms with Crippen molar-refractivity contribution in [3.05, 3.63) is 29.8 Å². The van der Waals surface area contributed by atoms with E-state index in [9.17, 15) is 4.79 Å². The molecule has 1 aromatic rings. The summed E-state index contributed by atoms with van der Waals surface area (Å²) in [5.41, 5.74) is 4.33. The second-order valence-electron chi connectivity index (χ2n) is 4.62. The molecule has 1 aliphatic rings. The maximum atomic E-state index is 11.2. The topological polar surface area (TPSA) is 59.9 Å². The van der Waals surface area contributed by atoms with E-state index in [1.54, 1.807) is 14.2 Å². The molecule has 0 fully saturated rings. The van der Waals surface area contributed by atoms with Crippen molar-refractivity contribution in [1.82, 2.24) is 5.43 Å². The first kappa shape index (κ1) is 14.1. The Morgan fingerprint density at radius 1 is 1.25 bits per heavy atom. The van der Waals surface area contributed by atoms with Gasteiger partial charge >= 0.3 is 0 Å². The number of carbonyl (C=O) groups excluding carboxylic acids is 1. The summed E-state index contributed by atoms with van der Waals surface area (Å²) in [6.07, 6.45) is 4.31. The number of carbonyl (C=O) groups is 1. The van der Waals surface area contributed by atoms with Gasteiger partial charge in [0.05, 0.1) is 19.9 Å². The molecule has 5 heteroatoms. The summed E-state index contributed by atoms with van der Waals surface area (Å²) in [5.74, 6) is 1.46. The first-order valence-electron chi connectivity index (χ1n) is 6.40. The lowest BCUT2D eigenvalue weighted by molar-refractivity contribution is -0.121. The zero-order valence-corrected chi connectivity index (χ0v) is 11.8. The Morgan fingerprint density at radius 2 is 2.00 bits per heavy atom. The molecule has 5 nitrogen and oxygen atoms in total. The smallest absolute Gasteiger partial charge is 0.240 e. The van der Waals surface area contributed by atoms with Gasteiger partial charge in [-0.3, -0.25) is 4.79 Å². The summed E-state index contributed by atoms with van der Waals surface area (Å²) in [6, 6.07) is 5.68. The monoisotopic (exact) mass is 274 g/mol. The van der Waals surface area contributed by atoms with Crippen molar-refractivity contribution in [2.45, 2.75) is 13.3 Å². The van der Waals surface area contributed by atoms with Crippen LogP contribution >= 0.6 is 0 Å². The molecule has 0 aromatic heterocycles. The van der Waals surface area contributed by atoms with Gasteiger partial charge in [0, 0.05) is 12.3 Å². The zero-order chi connectivity index (χ0) is 14.5. The molecule has 2 rings (SSSR count). The van der Waals surface area contributed by atoms with Crippen molar-refractivity contribution >= 4 is 17.7 Å². The summed E-state index contributed by atoms with van der Waals surface area (Å²) in [4.78, 5) is 11.2. The van der Waals surface area contributed by atoms with Gasteiger partial charge in [0.2, 0.25) is 5.91 Å². The Labute approximate surface area is 118 Å². The summed E-state index contributed by atoms with van der Waals surface area (Å²) in [6.45, 7) is 1.98. The molecule has 0 bridgehead atoms. The first-order chi connectivity index (χ1) is 9.63. The van der Waals surface area contributed by atoms with Crippen molar-refractivity contribution in [1.29, 1.82) is 0 Å². The van der Waals surface area contributed by atoms with Crippen LogP contribution in [0.15, 0.2) is 29.4 Å². The number of ether oxygens (including phenoxy) is 2. The number of hydrogen-bond acceptors (Lipinski definition) is 4. The van der Waals surface area contributed by atoms with Gasteiger partial charge in [-0.2, -0.15) is 5.10 Å². The van der Waals surface area contributed by atoms with E-state index in [2.05, 4.69) is 10.5 Å². The molecular weight excluding hydrogens is 256 g/mol. The number of amides is 1. The average molecular weight is 274 g/mol. The fraction of sp³-hybridized carbons (Fsp3) is 0.333. The minimum absolute atomic E-state index is 0.0410. The molecule has 1 aliphatic heterocycles. The maximum absolute atomic E-state index is 11.2. The Kier molecular flexibility index (Phi) is 4.40. The standard InChI is InChI=1S/C15H18N2O3/c1-10-8-15(18)17-16-12(10)6-4-11-5-7-13(19-2)14(9-11)20-3/h4-7,9-10H,8H2,1-3H3,(H,17,18). The van der Waals surface area contributed by atoms with Gasteiger partial charge in [-0.15, -0.1) is 0 Å². The molecule has 0 spiro atoms. The highest BCUT2D eigenvalue weighted by atomic mass is 16.5. The Morgan fingerprint density at radius 3 is 2.65 bits per heavy atom. The number of hydrogen-bond donors (Lipinski definition) is 1. The van der Waals surface area contributed by atoms with Crippen LogP contribution in [0.2, 0.25) is 0 Å². The number of methoxy groups -OCH3 is 2. The second-order valence-corrected chi connectivity index (χ2v) is 4.62. The average Bonchev–Trinajstić information content (AvgIpc) is 2.46. The molecule has 1 aromatic carbocycles. The number of hydrazone groups is 1. The quantitative estimate of drug-likeness (QED) is 0.916. The van der Waals surface area contributed by atoms with E-state index in [0.717, 1.165) is 11.3 Å². The highest BCUT2D eigenvalue weighted by Gasteiger charge is 2.17. The van der Waals surface area contributed by atoms with E-state index in [1.165, 1.54) is 0 Å². The van der Waals surface area contributed by atoms with Gasteiger partial charge in [0.25, 0.3) is 0 Å². The summed E-state index contributed by atoms with van der Waals surface area (Å²) in [7, 11) is 3.21. The highest BCUT2D eigenvalue weighted by molar-refractivity contribution is 6.03. The van der Waals surface area contributed by atoms with Crippen LogP contribution in [0.25, 0.3) is 6.08 Å². The van der Waals surface area contributed by atoms with Crippen molar-refractivity contribution in [2.24, 2.45) is 11.0 Å². The summed E-state index contributed by atoms with van der Waals surface area (Å²) < 4.78 is 10.5. The Hall–Kier alpha value is -2.30. The normalized spacial score (nSPS) is 18.6. The van der Waals surface area contributed by atoms with E-state index in [1.807, 2.05) is 37.3 Å². The van der Waals surface area contributed by atoms with Crippen molar-refractivity contribution < 1.29 is 14.3 Å². The molecule has 0 aliphatic carbocycles. The second kappa shape index (κ2) is 6.23. The predicted molar refractivity (Wildman–Crippen MR) is 77.9 cm³/mol. The van der Waals surface area contributed by atoms with Crippen LogP contribution in [0.4, 0.5) is 0 Å². The number of benzene rings is 1. The Balaban J connectivity index is 2.17. The van der Waals surface area contributed by atoms with Crippen LogP contribution < -0.4 is 14.9 Å². The molecule has 1 atom stereocenters. The first-order valence-corrected chi connectivity index (χ1v) is 6.40. The predicted octanol–water partition coefficient (Wildman–Crippen LogP) is 2.23. The van der Waals surface area contributed by atoms with Crippen molar-refractivity contribution in [3.63, 3.8) is 0 Å². The van der Waals surface area contributed by atoms with Crippen LogP contribution in [0, 0.1) is 5.92 Å². The van der Waals surface area contributed by atoms with E-state index >= 15 is 0 Å². The molecule has 1 N–H and O–H groups in total. The van der Waals surface area contributed by atoms with Gasteiger partial charge in [-0.1, -0.05) is 19.1 Å². The number of nitrogens with zero attached hydrogens (tertiary/aromatic N) is 1. The van der Waals surface area contributed by atoms with Gasteiger partial charge < -0.3 is 9.47 Å². The van der Waals surface area contributed by atoms with Crippen molar-refractivity contribution in [3.8, 4) is 11.5 Å². The van der Waals surface area contributed by atoms with Gasteiger partial charge in [0.15, 0.2) is 11.5 Å². The fourth-order valence-electron chi connectivity index (χ4n) is 2.01. The summed E-state index contributed by atoms with van der Waals surface area (Å²) >= 11 is 0. The molecule has 0 saturated heterocycles. The lowest BCUT2D eigenvalue weighted by atomic mass is 9.99. The molecule has 0 radical (unpaired) electrons. The minimum atomic E-state index is -0.0410. The van der Waals surface area contributed by atoms with Crippen molar-refractivity contribution in [2.75, 3.05) is 14.2 Å². The summed E-state index contributed by atoms with van der Waals surface area (Å²) in [5, 5.41) is 4.06. The van der Waals surface area contributed by atoms with E-state index in [0.29, 0.717) is 17.9 Å². The van der Waals surface area contributed by atoms with Gasteiger partial charge in [0.1, 0.15) is 0 Å². The number of nitrogens with one attached hydrogen (secondary N) is 1. The maximum Gasteiger partial charge on any atom is 0.240 e. The fourth-order valence-corrected chi connectivity index (χ4v) is 2.01. The van der Waals surface area contributed by atoms with Crippen LogP contribution in [0.1, 0.15) is 18.9 Å². The molecule has 0 saturated carbocycles. The molecule has 106 valence electrons. The minimum Gasteiger partial charge on any atom is -0.493 e. The third-order valence-corrected chi connectivity index (χ3v) is 3.16. The molecule has 1 amide bonds. The zero-order valence-electron chi connectivity index (χ0n) is 11.8. The Bertz CT molecular complexity index is 564. The van der Waals surface area contributed by atoms with Crippen LogP contribution in [-0.4, -0.2) is 25.8 Å². The van der Waals surface area contributed by atoms with Gasteiger partial charge in [-0.25, -0.2) is 5.43 Å². The largest absolute Gasteiger partial charge is 0.493 e. The highest BCUT2D eigenvalue weighted by Crippen LogP contribution is 2.28. The lowest BCUT2D eigenvalue weighted by Crippen LogP contribution is -2.30. The van der Waals surface area contributed by atoms with E-state index < -0.39 is 0 Å². The van der Waals surface area contributed by atoms with Gasteiger partial charge in [-0.05, 0) is 23.8 Å².